The fourth-order valence-electron chi connectivity index (χ4n) is 11.8. The van der Waals surface area contributed by atoms with Crippen LogP contribution in [-0.4, -0.2) is 4.57 Å². The van der Waals surface area contributed by atoms with Crippen molar-refractivity contribution in [2.24, 2.45) is 0 Å². The Bertz CT molecular complexity index is 3600. The lowest BCUT2D eigenvalue weighted by molar-refractivity contribution is 0.563. The van der Waals surface area contributed by atoms with Crippen LogP contribution in [0.4, 0.5) is 17.1 Å². The standard InChI is InChI=1S/C64H46N2/c1-63(2)55-26-12-14-28-57(55)64(58-29-15-13-27-56(58)63)54-25-11-9-23-52(54)62-50(24-17-30-59(62)64)45-34-38-48(39-35-45)65(47-36-32-44(33-37-47)43-18-5-3-6-19-43)49-40-41-61-53(42-49)51-22-10-16-31-60(51)66(61)46-20-7-4-8-21-46/h3-42H,1-2H3. The third-order valence-corrected chi connectivity index (χ3v) is 14.7. The zero-order valence-corrected chi connectivity index (χ0v) is 37.0. The highest BCUT2D eigenvalue weighted by Gasteiger charge is 2.53. The molecule has 2 aliphatic carbocycles. The number of anilines is 3. The summed E-state index contributed by atoms with van der Waals surface area (Å²) in [6.45, 7) is 4.78. The molecule has 2 nitrogen and oxygen atoms in total. The van der Waals surface area contributed by atoms with Gasteiger partial charge in [-0.1, -0.05) is 196 Å². The van der Waals surface area contributed by atoms with Gasteiger partial charge in [0.25, 0.3) is 0 Å². The van der Waals surface area contributed by atoms with Gasteiger partial charge in [0.1, 0.15) is 0 Å². The van der Waals surface area contributed by atoms with Crippen LogP contribution in [0.5, 0.6) is 0 Å². The number of para-hydroxylation sites is 2. The second kappa shape index (κ2) is 14.7. The molecule has 2 heteroatoms. The van der Waals surface area contributed by atoms with E-state index >= 15 is 0 Å². The number of rotatable bonds is 6. The van der Waals surface area contributed by atoms with E-state index in [9.17, 15) is 0 Å². The highest BCUT2D eigenvalue weighted by Crippen LogP contribution is 2.63. The molecule has 13 rings (SSSR count). The highest BCUT2D eigenvalue weighted by atomic mass is 15.1. The van der Waals surface area contributed by atoms with Crippen molar-refractivity contribution in [3.8, 4) is 39.1 Å². The molecule has 0 fully saturated rings. The van der Waals surface area contributed by atoms with E-state index in [0.29, 0.717) is 0 Å². The van der Waals surface area contributed by atoms with Gasteiger partial charge in [-0.15, -0.1) is 0 Å². The molecule has 312 valence electrons. The molecule has 1 heterocycles. The summed E-state index contributed by atoms with van der Waals surface area (Å²) in [5.74, 6) is 0. The van der Waals surface area contributed by atoms with Crippen molar-refractivity contribution in [2.45, 2.75) is 24.7 Å². The summed E-state index contributed by atoms with van der Waals surface area (Å²) >= 11 is 0. The number of benzene rings is 10. The maximum absolute atomic E-state index is 2.41. The number of hydrogen-bond donors (Lipinski definition) is 0. The minimum absolute atomic E-state index is 0.138. The maximum Gasteiger partial charge on any atom is 0.0719 e. The molecule has 0 aliphatic heterocycles. The van der Waals surface area contributed by atoms with E-state index in [1.807, 2.05) is 0 Å². The largest absolute Gasteiger partial charge is 0.310 e. The Morgan fingerprint density at radius 2 is 0.818 bits per heavy atom. The predicted molar refractivity (Wildman–Crippen MR) is 276 cm³/mol. The minimum atomic E-state index is -0.435. The van der Waals surface area contributed by atoms with Crippen molar-refractivity contribution in [3.05, 3.63) is 276 Å². The first kappa shape index (κ1) is 38.3. The van der Waals surface area contributed by atoms with E-state index in [1.165, 1.54) is 88.6 Å². The van der Waals surface area contributed by atoms with Crippen LogP contribution in [0.1, 0.15) is 47.2 Å². The van der Waals surface area contributed by atoms with Crippen molar-refractivity contribution >= 4 is 38.9 Å². The summed E-state index contributed by atoms with van der Waals surface area (Å²) in [6, 6.07) is 89.8. The van der Waals surface area contributed by atoms with E-state index in [4.69, 9.17) is 0 Å². The van der Waals surface area contributed by atoms with Crippen LogP contribution < -0.4 is 4.90 Å². The number of hydrogen-bond acceptors (Lipinski definition) is 1. The molecule has 0 amide bonds. The lowest BCUT2D eigenvalue weighted by Gasteiger charge is -2.46. The molecule has 0 bridgehead atoms. The summed E-state index contributed by atoms with van der Waals surface area (Å²) < 4.78 is 2.38. The van der Waals surface area contributed by atoms with Crippen LogP contribution in [0.3, 0.4) is 0 Å². The molecule has 0 saturated heterocycles. The van der Waals surface area contributed by atoms with Gasteiger partial charge in [-0.3, -0.25) is 0 Å². The molecule has 0 saturated carbocycles. The summed E-state index contributed by atoms with van der Waals surface area (Å²) in [7, 11) is 0. The second-order valence-corrected chi connectivity index (χ2v) is 18.4. The third kappa shape index (κ3) is 5.48. The molecule has 66 heavy (non-hydrogen) atoms. The van der Waals surface area contributed by atoms with Gasteiger partial charge in [-0.25, -0.2) is 0 Å². The van der Waals surface area contributed by atoms with Gasteiger partial charge in [0.15, 0.2) is 0 Å². The Morgan fingerprint density at radius 3 is 1.50 bits per heavy atom. The molecule has 0 atom stereocenters. The SMILES string of the molecule is CC1(C)c2ccccc2C2(c3ccccc3-c3c(-c4ccc(N(c5ccc(-c6ccccc6)cc5)c5ccc6c(c5)c5ccccc5n6-c5ccccc5)cc4)cccc32)c2ccccc21. The van der Waals surface area contributed by atoms with Gasteiger partial charge in [-0.2, -0.15) is 0 Å². The Hall–Kier alpha value is -8.20. The van der Waals surface area contributed by atoms with Crippen LogP contribution in [0.2, 0.25) is 0 Å². The lowest BCUT2D eigenvalue weighted by atomic mass is 9.55. The van der Waals surface area contributed by atoms with E-state index < -0.39 is 5.41 Å². The molecule has 11 aromatic rings. The number of aromatic nitrogens is 1. The van der Waals surface area contributed by atoms with Gasteiger partial charge in [-0.05, 0) is 127 Å². The monoisotopic (exact) mass is 842 g/mol. The summed E-state index contributed by atoms with van der Waals surface area (Å²) in [6.07, 6.45) is 0. The summed E-state index contributed by atoms with van der Waals surface area (Å²) in [5.41, 5.74) is 22.0. The van der Waals surface area contributed by atoms with Crippen molar-refractivity contribution in [1.82, 2.24) is 4.57 Å². The number of nitrogens with zero attached hydrogens (tertiary/aromatic N) is 2. The minimum Gasteiger partial charge on any atom is -0.310 e. The number of fused-ring (bicyclic) bond motifs is 12. The fraction of sp³-hybridized carbons (Fsp3) is 0.0625. The Labute approximate surface area is 386 Å². The van der Waals surface area contributed by atoms with Crippen LogP contribution in [0.25, 0.3) is 60.9 Å². The van der Waals surface area contributed by atoms with Gasteiger partial charge in [0.05, 0.1) is 16.4 Å². The average molecular weight is 843 g/mol. The van der Waals surface area contributed by atoms with Crippen LogP contribution >= 0.6 is 0 Å². The molecule has 10 aromatic carbocycles. The fourth-order valence-corrected chi connectivity index (χ4v) is 11.8. The van der Waals surface area contributed by atoms with E-state index in [2.05, 4.69) is 266 Å². The molecule has 1 aromatic heterocycles. The average Bonchev–Trinajstić information content (AvgIpc) is 3.87. The van der Waals surface area contributed by atoms with E-state index in [0.717, 1.165) is 22.7 Å². The van der Waals surface area contributed by atoms with Crippen molar-refractivity contribution in [3.63, 3.8) is 0 Å². The summed E-state index contributed by atoms with van der Waals surface area (Å²) in [5, 5.41) is 2.45. The van der Waals surface area contributed by atoms with Crippen LogP contribution in [-0.2, 0) is 10.8 Å². The van der Waals surface area contributed by atoms with E-state index in [1.54, 1.807) is 0 Å². The molecule has 0 N–H and O–H groups in total. The topological polar surface area (TPSA) is 8.17 Å². The lowest BCUT2D eigenvalue weighted by Crippen LogP contribution is -2.40. The highest BCUT2D eigenvalue weighted by molar-refractivity contribution is 6.11. The first-order chi connectivity index (χ1) is 32.5. The van der Waals surface area contributed by atoms with Gasteiger partial charge >= 0.3 is 0 Å². The molecule has 1 spiro atoms. The molecule has 0 unspecified atom stereocenters. The first-order valence-electron chi connectivity index (χ1n) is 23.1. The molecule has 2 aliphatic rings. The summed E-state index contributed by atoms with van der Waals surface area (Å²) in [4.78, 5) is 2.41. The third-order valence-electron chi connectivity index (χ3n) is 14.7. The van der Waals surface area contributed by atoms with Gasteiger partial charge < -0.3 is 9.47 Å². The zero-order chi connectivity index (χ0) is 44.0. The Balaban J connectivity index is 0.978. The maximum atomic E-state index is 2.41. The Morgan fingerprint density at radius 1 is 0.333 bits per heavy atom. The van der Waals surface area contributed by atoms with E-state index in [-0.39, 0.29) is 5.41 Å². The van der Waals surface area contributed by atoms with Crippen LogP contribution in [0, 0.1) is 0 Å². The molecular weight excluding hydrogens is 797 g/mol. The molecule has 0 radical (unpaired) electrons. The van der Waals surface area contributed by atoms with Gasteiger partial charge in [0, 0.05) is 38.9 Å². The van der Waals surface area contributed by atoms with Gasteiger partial charge in [0.2, 0.25) is 0 Å². The zero-order valence-electron chi connectivity index (χ0n) is 37.0. The smallest absolute Gasteiger partial charge is 0.0719 e. The van der Waals surface area contributed by atoms with Crippen molar-refractivity contribution in [2.75, 3.05) is 4.90 Å². The normalized spacial score (nSPS) is 13.8. The first-order valence-corrected chi connectivity index (χ1v) is 23.1. The second-order valence-electron chi connectivity index (χ2n) is 18.4. The Kier molecular flexibility index (Phi) is 8.51. The van der Waals surface area contributed by atoms with Crippen LogP contribution in [0.15, 0.2) is 243 Å². The van der Waals surface area contributed by atoms with Crippen molar-refractivity contribution < 1.29 is 0 Å². The molecular formula is C64H46N2. The quantitative estimate of drug-likeness (QED) is 0.162. The predicted octanol–water partition coefficient (Wildman–Crippen LogP) is 16.6. The van der Waals surface area contributed by atoms with Crippen molar-refractivity contribution in [1.29, 1.82) is 0 Å².